The van der Waals surface area contributed by atoms with Crippen LogP contribution >= 0.6 is 11.4 Å². The topological polar surface area (TPSA) is 36.9 Å². The molecule has 0 aromatic heterocycles. The van der Waals surface area contributed by atoms with Crippen LogP contribution in [-0.4, -0.2) is 24.4 Å². The molecule has 208 valence electrons. The molecule has 0 aliphatic carbocycles. The third-order valence-electron chi connectivity index (χ3n) is 4.45. The number of hydrogen-bond donors (Lipinski definition) is 0. The molecule has 0 aromatic carbocycles. The van der Waals surface area contributed by atoms with Crippen LogP contribution in [0.3, 0.4) is 0 Å². The summed E-state index contributed by atoms with van der Waals surface area (Å²) in [6.45, 7) is 25.4. The quantitative estimate of drug-likeness (QED) is 0.0922. The molecule has 0 saturated heterocycles. The molecule has 0 aromatic rings. The Kier molecular flexibility index (Phi) is 25.5. The van der Waals surface area contributed by atoms with Crippen molar-refractivity contribution in [2.45, 2.75) is 133 Å². The van der Waals surface area contributed by atoms with Crippen molar-refractivity contribution in [3.05, 3.63) is 0 Å². The molecule has 0 heterocycles. The van der Waals surface area contributed by atoms with Crippen LogP contribution in [0.1, 0.15) is 109 Å². The van der Waals surface area contributed by atoms with Crippen LogP contribution in [0.15, 0.2) is 0 Å². The minimum Gasteiger partial charge on any atom is -0.691 e. The Hall–Kier alpha value is 2.46. The zero-order valence-corrected chi connectivity index (χ0v) is 32.3. The van der Waals surface area contributed by atoms with Gasteiger partial charge in [0.2, 0.25) is 0 Å². The second-order valence-electron chi connectivity index (χ2n) is 11.1. The van der Waals surface area contributed by atoms with Crippen LogP contribution in [0, 0.1) is 23.7 Å². The predicted molar refractivity (Wildman–Crippen MR) is 163 cm³/mol. The molecule has 0 N–H and O–H groups in total. The van der Waals surface area contributed by atoms with E-state index < -0.39 is 11.4 Å². The van der Waals surface area contributed by atoms with Gasteiger partial charge >= 0.3 is 19.5 Å². The van der Waals surface area contributed by atoms with Gasteiger partial charge in [0.25, 0.3) is 0 Å². The Morgan fingerprint density at radius 3 is 0.714 bits per heavy atom. The van der Waals surface area contributed by atoms with Crippen molar-refractivity contribution in [3.8, 4) is 0 Å². The zero-order chi connectivity index (χ0) is 27.3. The minimum atomic E-state index is -2.50. The molecule has 0 fully saturated rings. The van der Waals surface area contributed by atoms with Crippen LogP contribution in [0.25, 0.3) is 0 Å². The first-order chi connectivity index (χ1) is 15.2. The molecule has 0 saturated carbocycles. The second kappa shape index (κ2) is 21.2. The minimum absolute atomic E-state index is 0. The molecule has 0 radical (unpaired) electrons. The van der Waals surface area contributed by atoms with E-state index in [1.165, 1.54) is 0 Å². The average molecular weight is 660 g/mol. The largest absolute Gasteiger partial charge is 2.00 e. The van der Waals surface area contributed by atoms with Crippen molar-refractivity contribution in [2.24, 2.45) is 23.7 Å². The van der Waals surface area contributed by atoms with Gasteiger partial charge in [-0.2, -0.15) is 0 Å². The Bertz CT molecular complexity index is 528. The van der Waals surface area contributed by atoms with E-state index in [0.29, 0.717) is 23.7 Å². The predicted octanol–water partition coefficient (Wildman–Crippen LogP) is 9.32. The fourth-order valence-corrected chi connectivity index (χ4v) is 9.49. The van der Waals surface area contributed by atoms with Gasteiger partial charge in [0.05, 0.1) is 35.8 Å². The maximum Gasteiger partial charge on any atom is 2.00 e. The SMILES string of the molecule is CC(C)CC(C)OP(=S)([S-])OC(C)CC(C)C.CC(C)CC(C)OP(=S)([S-])OC(C)CC(C)C.[Zn+2]. The van der Waals surface area contributed by atoms with E-state index in [1.54, 1.807) is 0 Å². The molecule has 35 heavy (non-hydrogen) atoms. The van der Waals surface area contributed by atoms with Gasteiger partial charge in [0.15, 0.2) is 0 Å². The average Bonchev–Trinajstić information content (AvgIpc) is 2.48. The van der Waals surface area contributed by atoms with Crippen molar-refractivity contribution < 1.29 is 37.6 Å². The van der Waals surface area contributed by atoms with Crippen molar-refractivity contribution in [2.75, 3.05) is 0 Å². The Labute approximate surface area is 252 Å². The number of rotatable bonds is 16. The molecular formula is C24H52O4P2S4Zn. The second-order valence-corrected chi connectivity index (χ2v) is 20.9. The van der Waals surface area contributed by atoms with Crippen LogP contribution in [0.2, 0.25) is 0 Å². The first-order valence-corrected chi connectivity index (χ1v) is 19.9. The van der Waals surface area contributed by atoms with Crippen molar-refractivity contribution in [3.63, 3.8) is 0 Å². The van der Waals surface area contributed by atoms with E-state index in [4.69, 9.17) is 66.2 Å². The van der Waals surface area contributed by atoms with E-state index in [2.05, 4.69) is 55.4 Å². The van der Waals surface area contributed by atoms with E-state index in [9.17, 15) is 0 Å². The van der Waals surface area contributed by atoms with Gasteiger partial charge in [-0.15, -0.1) is 0 Å². The Morgan fingerprint density at radius 2 is 0.600 bits per heavy atom. The van der Waals surface area contributed by atoms with E-state index >= 15 is 0 Å². The van der Waals surface area contributed by atoms with E-state index in [-0.39, 0.29) is 43.9 Å². The standard InChI is InChI=1S/2C12H27O2PS2.Zn/c2*1-9(2)7-11(5)13-15(16,17)14-12(6)8-10(3)4;/h2*9-12H,7-8H2,1-6H3,(H,16,17);/q;;+2/p-2. The maximum absolute atomic E-state index is 5.72. The molecule has 4 nitrogen and oxygen atoms in total. The van der Waals surface area contributed by atoms with Crippen molar-refractivity contribution in [1.82, 2.24) is 0 Å². The first-order valence-electron chi connectivity index (χ1n) is 12.6. The van der Waals surface area contributed by atoms with E-state index in [0.717, 1.165) is 25.7 Å². The van der Waals surface area contributed by atoms with Gasteiger partial charge < -0.3 is 42.6 Å². The van der Waals surface area contributed by atoms with Crippen LogP contribution < -0.4 is 0 Å². The first kappa shape index (κ1) is 41.9. The number of hydrogen-bond acceptors (Lipinski definition) is 8. The van der Waals surface area contributed by atoms with Crippen LogP contribution in [-0.2, 0) is 85.7 Å². The molecule has 0 spiro atoms. The summed E-state index contributed by atoms with van der Waals surface area (Å²) in [6, 6.07) is 0. The molecule has 0 aliphatic heterocycles. The van der Waals surface area contributed by atoms with E-state index in [1.807, 2.05) is 27.7 Å². The van der Waals surface area contributed by atoms with Crippen molar-refractivity contribution >= 4 is 59.5 Å². The molecular weight excluding hydrogens is 608 g/mol. The van der Waals surface area contributed by atoms with Gasteiger partial charge in [-0.25, -0.2) is 0 Å². The van der Waals surface area contributed by atoms with Gasteiger partial charge in [0, 0.05) is 0 Å². The Balaban J connectivity index is -0.000000569. The fourth-order valence-electron chi connectivity index (χ4n) is 3.76. The molecule has 0 amide bonds. The zero-order valence-electron chi connectivity index (χ0n) is 24.3. The summed E-state index contributed by atoms with van der Waals surface area (Å²) in [5.41, 5.74) is -5.00. The third-order valence-corrected chi connectivity index (χ3v) is 8.99. The van der Waals surface area contributed by atoms with Gasteiger partial charge in [-0.05, 0) is 77.0 Å². The monoisotopic (exact) mass is 658 g/mol. The van der Waals surface area contributed by atoms with Crippen LogP contribution in [0.5, 0.6) is 0 Å². The van der Waals surface area contributed by atoms with Gasteiger partial charge in [-0.1, -0.05) is 79.0 Å². The smallest absolute Gasteiger partial charge is 0.691 e. The summed E-state index contributed by atoms with van der Waals surface area (Å²) in [6.07, 6.45) is 4.23. The summed E-state index contributed by atoms with van der Waals surface area (Å²) in [4.78, 5) is 0. The fraction of sp³-hybridized carbons (Fsp3) is 1.00. The van der Waals surface area contributed by atoms with Gasteiger partial charge in [0.1, 0.15) is 0 Å². The molecule has 0 rings (SSSR count). The molecule has 4 unspecified atom stereocenters. The molecule has 11 heteroatoms. The summed E-state index contributed by atoms with van der Waals surface area (Å²) in [5.74, 6) is 2.34. The summed E-state index contributed by atoms with van der Waals surface area (Å²) >= 11 is 21.1. The summed E-state index contributed by atoms with van der Waals surface area (Å²) in [5, 5.41) is 0. The normalized spacial score (nSPS) is 18.8. The van der Waals surface area contributed by atoms with Gasteiger partial charge in [-0.3, -0.25) is 0 Å². The third kappa shape index (κ3) is 29.3. The summed E-state index contributed by atoms with van der Waals surface area (Å²) in [7, 11) is 0. The Morgan fingerprint density at radius 1 is 0.457 bits per heavy atom. The van der Waals surface area contributed by atoms with Crippen molar-refractivity contribution in [1.29, 1.82) is 0 Å². The van der Waals surface area contributed by atoms with Crippen LogP contribution in [0.4, 0.5) is 0 Å². The molecule has 0 aliphatic rings. The summed E-state index contributed by atoms with van der Waals surface area (Å²) < 4.78 is 22.9. The maximum atomic E-state index is 5.72. The molecule has 0 bridgehead atoms. The molecule has 4 atom stereocenters.